The number of nitrogens with zero attached hydrogens (tertiary/aromatic N) is 1. The molecule has 1 amide bonds. The zero-order chi connectivity index (χ0) is 17.2. The number of piperidine rings is 1. The summed E-state index contributed by atoms with van der Waals surface area (Å²) in [7, 11) is 0. The molecule has 134 valence electrons. The van der Waals surface area contributed by atoms with Crippen molar-refractivity contribution in [3.8, 4) is 0 Å². The fraction of sp³-hybridized carbons (Fsp3) is 0.737. The summed E-state index contributed by atoms with van der Waals surface area (Å²) in [6.45, 7) is 10.2. The van der Waals surface area contributed by atoms with Gasteiger partial charge in [0.2, 0.25) is 5.91 Å². The van der Waals surface area contributed by atoms with E-state index < -0.39 is 0 Å². The van der Waals surface area contributed by atoms with Gasteiger partial charge in [0.1, 0.15) is 0 Å². The first kappa shape index (κ1) is 17.9. The molecule has 0 aromatic carbocycles. The summed E-state index contributed by atoms with van der Waals surface area (Å²) in [6.07, 6.45) is 3.85. The van der Waals surface area contributed by atoms with Crippen molar-refractivity contribution in [2.75, 3.05) is 19.7 Å². The van der Waals surface area contributed by atoms with E-state index in [1.54, 1.807) is 0 Å². The molecular weight excluding hydrogens is 320 g/mol. The smallest absolute Gasteiger partial charge is 0.220 e. The summed E-state index contributed by atoms with van der Waals surface area (Å²) < 4.78 is 6.20. The minimum Gasteiger partial charge on any atom is -0.375 e. The Hall–Kier alpha value is -0.910. The van der Waals surface area contributed by atoms with E-state index in [1.165, 1.54) is 9.75 Å². The van der Waals surface area contributed by atoms with Crippen molar-refractivity contribution in [1.29, 1.82) is 0 Å². The van der Waals surface area contributed by atoms with E-state index >= 15 is 0 Å². The van der Waals surface area contributed by atoms with Gasteiger partial charge in [-0.1, -0.05) is 0 Å². The summed E-state index contributed by atoms with van der Waals surface area (Å²) >= 11 is 1.90. The zero-order valence-electron chi connectivity index (χ0n) is 15.1. The summed E-state index contributed by atoms with van der Waals surface area (Å²) in [5.74, 6) is 0.552. The van der Waals surface area contributed by atoms with Crippen LogP contribution in [-0.2, 0) is 16.1 Å². The molecular formula is C19H30N2O2S. The highest BCUT2D eigenvalue weighted by Crippen LogP contribution is 2.40. The fourth-order valence-electron chi connectivity index (χ4n) is 3.97. The van der Waals surface area contributed by atoms with Crippen LogP contribution in [0.15, 0.2) is 12.1 Å². The van der Waals surface area contributed by atoms with Gasteiger partial charge in [0.05, 0.1) is 12.2 Å². The average Bonchev–Trinajstić information content (AvgIpc) is 3.08. The lowest BCUT2D eigenvalue weighted by molar-refractivity contribution is -0.122. The number of ether oxygens (including phenoxy) is 1. The molecule has 2 fully saturated rings. The van der Waals surface area contributed by atoms with Crippen molar-refractivity contribution in [2.24, 2.45) is 5.92 Å². The van der Waals surface area contributed by atoms with Gasteiger partial charge in [0.15, 0.2) is 0 Å². The lowest BCUT2D eigenvalue weighted by Crippen LogP contribution is -2.43. The highest BCUT2D eigenvalue weighted by molar-refractivity contribution is 7.11. The van der Waals surface area contributed by atoms with Crippen LogP contribution in [0.4, 0.5) is 0 Å². The molecule has 0 saturated carbocycles. The van der Waals surface area contributed by atoms with Crippen LogP contribution in [0.3, 0.4) is 0 Å². The molecule has 3 rings (SSSR count). The van der Waals surface area contributed by atoms with Crippen molar-refractivity contribution in [3.63, 3.8) is 0 Å². The van der Waals surface area contributed by atoms with E-state index in [0.29, 0.717) is 12.3 Å². The number of thiophene rings is 1. The third-order valence-electron chi connectivity index (χ3n) is 5.15. The summed E-state index contributed by atoms with van der Waals surface area (Å²) in [6, 6.07) is 4.68. The van der Waals surface area contributed by atoms with Gasteiger partial charge in [-0.15, -0.1) is 11.3 Å². The Morgan fingerprint density at radius 3 is 2.79 bits per heavy atom. The second-order valence-electron chi connectivity index (χ2n) is 7.78. The summed E-state index contributed by atoms with van der Waals surface area (Å²) in [4.78, 5) is 17.4. The first-order valence-corrected chi connectivity index (χ1v) is 9.97. The molecule has 0 bridgehead atoms. The van der Waals surface area contributed by atoms with Crippen LogP contribution < -0.4 is 5.32 Å². The van der Waals surface area contributed by atoms with Gasteiger partial charge in [0, 0.05) is 41.9 Å². The Morgan fingerprint density at radius 2 is 2.17 bits per heavy atom. The normalized spacial score (nSPS) is 23.9. The maximum atomic E-state index is 12.0. The molecule has 1 spiro atoms. The van der Waals surface area contributed by atoms with Gasteiger partial charge in [0.25, 0.3) is 0 Å². The second kappa shape index (κ2) is 7.54. The Balaban J connectivity index is 1.45. The molecule has 0 aliphatic carbocycles. The fourth-order valence-corrected chi connectivity index (χ4v) is 4.90. The molecule has 1 N–H and O–H groups in total. The van der Waals surface area contributed by atoms with Gasteiger partial charge in [-0.05, 0) is 58.1 Å². The van der Waals surface area contributed by atoms with Crippen LogP contribution >= 0.6 is 11.3 Å². The number of aryl methyl sites for hydroxylation is 1. The van der Waals surface area contributed by atoms with E-state index in [9.17, 15) is 4.79 Å². The minimum absolute atomic E-state index is 0.0324. The molecule has 1 aromatic heterocycles. The van der Waals surface area contributed by atoms with Gasteiger partial charge >= 0.3 is 0 Å². The van der Waals surface area contributed by atoms with E-state index in [1.807, 2.05) is 25.2 Å². The summed E-state index contributed by atoms with van der Waals surface area (Å²) in [5, 5.41) is 3.00. The number of carbonyl (C=O) groups is 1. The third kappa shape index (κ3) is 4.58. The van der Waals surface area contributed by atoms with Crippen LogP contribution in [0.1, 0.15) is 49.3 Å². The number of amides is 1. The average molecular weight is 351 g/mol. The second-order valence-corrected chi connectivity index (χ2v) is 9.15. The van der Waals surface area contributed by atoms with Gasteiger partial charge in [-0.3, -0.25) is 9.69 Å². The van der Waals surface area contributed by atoms with Crippen molar-refractivity contribution in [1.82, 2.24) is 10.2 Å². The van der Waals surface area contributed by atoms with E-state index in [0.717, 1.165) is 45.5 Å². The van der Waals surface area contributed by atoms with Crippen molar-refractivity contribution >= 4 is 17.2 Å². The molecule has 4 nitrogen and oxygen atoms in total. The van der Waals surface area contributed by atoms with Gasteiger partial charge in [-0.2, -0.15) is 0 Å². The lowest BCUT2D eigenvalue weighted by atomic mass is 9.84. The van der Waals surface area contributed by atoms with E-state index in [-0.39, 0.29) is 17.6 Å². The molecule has 1 atom stereocenters. The Morgan fingerprint density at radius 1 is 1.42 bits per heavy atom. The van der Waals surface area contributed by atoms with Crippen molar-refractivity contribution < 1.29 is 9.53 Å². The lowest BCUT2D eigenvalue weighted by Gasteiger charge is -2.38. The maximum Gasteiger partial charge on any atom is 0.220 e. The molecule has 0 unspecified atom stereocenters. The number of hydrogen-bond donors (Lipinski definition) is 1. The minimum atomic E-state index is 0.0324. The van der Waals surface area contributed by atoms with Crippen LogP contribution in [0, 0.1) is 12.8 Å². The highest BCUT2D eigenvalue weighted by atomic mass is 32.1. The first-order chi connectivity index (χ1) is 11.4. The molecule has 2 aliphatic heterocycles. The SMILES string of the molecule is Cc1ccc(CN2CCC3(CC2)C[C@H](CC(=O)NC(C)C)CO3)s1. The Labute approximate surface area is 149 Å². The van der Waals surface area contributed by atoms with Gasteiger partial charge < -0.3 is 10.1 Å². The van der Waals surface area contributed by atoms with Crippen LogP contribution in [-0.4, -0.2) is 42.1 Å². The largest absolute Gasteiger partial charge is 0.375 e. The summed E-state index contributed by atoms with van der Waals surface area (Å²) in [5.41, 5.74) is 0.0324. The van der Waals surface area contributed by atoms with Crippen LogP contribution in [0.25, 0.3) is 0 Å². The standard InChI is InChI=1S/C19H30N2O2S/c1-14(2)20-18(22)10-16-11-19(23-13-16)6-8-21(9-7-19)12-17-5-4-15(3)24-17/h4-5,14,16H,6-13H2,1-3H3,(H,20,22)/t16-/m0/s1. The molecule has 5 heteroatoms. The topological polar surface area (TPSA) is 41.6 Å². The third-order valence-corrected chi connectivity index (χ3v) is 6.14. The number of rotatable bonds is 5. The quantitative estimate of drug-likeness (QED) is 0.885. The molecule has 24 heavy (non-hydrogen) atoms. The maximum absolute atomic E-state index is 12.0. The zero-order valence-corrected chi connectivity index (χ0v) is 16.0. The van der Waals surface area contributed by atoms with E-state index in [4.69, 9.17) is 4.74 Å². The number of likely N-dealkylation sites (tertiary alicyclic amines) is 1. The predicted molar refractivity (Wildman–Crippen MR) is 98.3 cm³/mol. The molecule has 0 radical (unpaired) electrons. The van der Waals surface area contributed by atoms with Crippen molar-refractivity contribution in [3.05, 3.63) is 21.9 Å². The molecule has 3 heterocycles. The van der Waals surface area contributed by atoms with Crippen LogP contribution in [0.2, 0.25) is 0 Å². The van der Waals surface area contributed by atoms with E-state index in [2.05, 4.69) is 29.3 Å². The van der Waals surface area contributed by atoms with Gasteiger partial charge in [-0.25, -0.2) is 0 Å². The molecule has 1 aromatic rings. The van der Waals surface area contributed by atoms with Crippen LogP contribution in [0.5, 0.6) is 0 Å². The number of nitrogens with one attached hydrogen (secondary N) is 1. The highest BCUT2D eigenvalue weighted by Gasteiger charge is 2.43. The first-order valence-electron chi connectivity index (χ1n) is 9.15. The predicted octanol–water partition coefficient (Wildman–Crippen LogP) is 3.34. The molecule has 2 saturated heterocycles. The monoisotopic (exact) mass is 350 g/mol. The Kier molecular flexibility index (Phi) is 5.63. The Bertz CT molecular complexity index is 561. The van der Waals surface area contributed by atoms with Crippen molar-refractivity contribution in [2.45, 2.75) is 64.6 Å². The number of carbonyl (C=O) groups excluding carboxylic acids is 1. The molecule has 2 aliphatic rings. The number of hydrogen-bond acceptors (Lipinski definition) is 4.